The molecule has 0 aromatic heterocycles. The van der Waals surface area contributed by atoms with Gasteiger partial charge >= 0.3 is 0 Å². The van der Waals surface area contributed by atoms with E-state index in [0.717, 1.165) is 32.0 Å². The van der Waals surface area contributed by atoms with Crippen LogP contribution in [0.4, 0.5) is 0 Å². The van der Waals surface area contributed by atoms with Crippen molar-refractivity contribution < 1.29 is 4.79 Å². The van der Waals surface area contributed by atoms with Crippen molar-refractivity contribution in [2.75, 3.05) is 26.7 Å². The van der Waals surface area contributed by atoms with Crippen molar-refractivity contribution >= 4 is 23.6 Å². The van der Waals surface area contributed by atoms with Gasteiger partial charge in [0, 0.05) is 48.8 Å². The molecule has 25 heavy (non-hydrogen) atoms. The first-order valence-corrected chi connectivity index (χ1v) is 9.95. The number of nitrogens with one attached hydrogen (secondary N) is 2. The minimum Gasteiger partial charge on any atom is -0.355 e. The molecule has 1 saturated carbocycles. The molecule has 1 atom stereocenters. The Hall–Kier alpha value is -1.69. The second-order valence-electron chi connectivity index (χ2n) is 6.85. The van der Waals surface area contributed by atoms with Crippen molar-refractivity contribution in [1.29, 1.82) is 0 Å². The summed E-state index contributed by atoms with van der Waals surface area (Å²) >= 11 is 1.96. The van der Waals surface area contributed by atoms with E-state index in [1.54, 1.807) is 0 Å². The third kappa shape index (κ3) is 4.91. The number of hydrogen-bond donors (Lipinski definition) is 2. The molecular weight excluding hydrogens is 332 g/mol. The zero-order valence-corrected chi connectivity index (χ0v) is 15.9. The van der Waals surface area contributed by atoms with Crippen LogP contribution < -0.4 is 10.6 Å². The number of guanidine groups is 1. The van der Waals surface area contributed by atoms with Gasteiger partial charge in [-0.05, 0) is 31.4 Å². The molecule has 2 aliphatic rings. The number of nitrogens with zero attached hydrogens (tertiary/aromatic N) is 2. The molecule has 3 rings (SSSR count). The van der Waals surface area contributed by atoms with E-state index in [9.17, 15) is 4.79 Å². The summed E-state index contributed by atoms with van der Waals surface area (Å²) in [4.78, 5) is 19.4. The molecule has 1 aromatic carbocycles. The zero-order valence-electron chi connectivity index (χ0n) is 15.1. The second-order valence-corrected chi connectivity index (χ2v) is 8.39. The topological polar surface area (TPSA) is 56.7 Å². The maximum atomic E-state index is 11.8. The SMILES string of the molecule is CCC(=O)N1CCC(NC(=NC)NCC2(Sc3ccccc3)CC2)C1. The highest BCUT2D eigenvalue weighted by Crippen LogP contribution is 2.51. The lowest BCUT2D eigenvalue weighted by atomic mass is 10.3. The molecule has 1 aliphatic carbocycles. The van der Waals surface area contributed by atoms with Gasteiger partial charge in [0.2, 0.25) is 5.91 Å². The van der Waals surface area contributed by atoms with Crippen molar-refractivity contribution in [3.63, 3.8) is 0 Å². The zero-order chi connectivity index (χ0) is 17.7. The van der Waals surface area contributed by atoms with Crippen molar-refractivity contribution in [3.05, 3.63) is 30.3 Å². The summed E-state index contributed by atoms with van der Waals surface area (Å²) in [6.07, 6.45) is 4.03. The number of rotatable bonds is 6. The van der Waals surface area contributed by atoms with Crippen molar-refractivity contribution in [1.82, 2.24) is 15.5 Å². The third-order valence-electron chi connectivity index (χ3n) is 4.87. The van der Waals surface area contributed by atoms with Gasteiger partial charge < -0.3 is 15.5 Å². The Labute approximate surface area is 154 Å². The van der Waals surface area contributed by atoms with E-state index in [1.165, 1.54) is 17.7 Å². The molecule has 5 nitrogen and oxygen atoms in total. The van der Waals surface area contributed by atoms with Crippen molar-refractivity contribution in [2.24, 2.45) is 4.99 Å². The monoisotopic (exact) mass is 360 g/mol. The van der Waals surface area contributed by atoms with Crippen LogP contribution in [0.3, 0.4) is 0 Å². The number of aliphatic imine (C=N–C) groups is 1. The maximum Gasteiger partial charge on any atom is 0.222 e. The van der Waals surface area contributed by atoms with E-state index < -0.39 is 0 Å². The van der Waals surface area contributed by atoms with Gasteiger partial charge in [0.1, 0.15) is 0 Å². The summed E-state index contributed by atoms with van der Waals surface area (Å²) in [5.41, 5.74) is 0. The van der Waals surface area contributed by atoms with E-state index in [-0.39, 0.29) is 5.91 Å². The number of likely N-dealkylation sites (tertiary alicyclic amines) is 1. The van der Waals surface area contributed by atoms with Gasteiger partial charge in [-0.3, -0.25) is 9.79 Å². The van der Waals surface area contributed by atoms with Gasteiger partial charge in [0.15, 0.2) is 5.96 Å². The average molecular weight is 361 g/mol. The average Bonchev–Trinajstić information content (AvgIpc) is 3.24. The standard InChI is InChI=1S/C19H28N4OS/c1-3-17(24)23-12-9-15(13-23)22-18(20-2)21-14-19(10-11-19)25-16-7-5-4-6-8-16/h4-8,15H,3,9-14H2,1-2H3,(H2,20,21,22). The molecule has 1 amide bonds. The molecule has 1 unspecified atom stereocenters. The quantitative estimate of drug-likeness (QED) is 0.604. The molecule has 0 spiro atoms. The molecule has 1 aromatic rings. The largest absolute Gasteiger partial charge is 0.355 e. The van der Waals surface area contributed by atoms with Crippen LogP contribution in [0.2, 0.25) is 0 Å². The van der Waals surface area contributed by atoms with Crippen LogP contribution in [-0.4, -0.2) is 54.2 Å². The van der Waals surface area contributed by atoms with Crippen LogP contribution in [-0.2, 0) is 4.79 Å². The highest BCUT2D eigenvalue weighted by Gasteiger charge is 2.43. The fourth-order valence-electron chi connectivity index (χ4n) is 3.15. The van der Waals surface area contributed by atoms with Gasteiger partial charge in [-0.15, -0.1) is 11.8 Å². The van der Waals surface area contributed by atoms with Crippen molar-refractivity contribution in [3.8, 4) is 0 Å². The number of benzene rings is 1. The molecule has 1 heterocycles. The van der Waals surface area contributed by atoms with Gasteiger partial charge in [0.25, 0.3) is 0 Å². The number of thioether (sulfide) groups is 1. The van der Waals surface area contributed by atoms with E-state index >= 15 is 0 Å². The Morgan fingerprint density at radius 2 is 2.12 bits per heavy atom. The minimum atomic E-state index is 0.239. The predicted octanol–water partition coefficient (Wildman–Crippen LogP) is 2.49. The molecule has 2 fully saturated rings. The number of carbonyl (C=O) groups excluding carboxylic acids is 1. The van der Waals surface area contributed by atoms with Gasteiger partial charge in [-0.2, -0.15) is 0 Å². The first kappa shape index (κ1) is 18.1. The van der Waals surface area contributed by atoms with E-state index in [4.69, 9.17) is 0 Å². The van der Waals surface area contributed by atoms with Crippen LogP contribution in [0.15, 0.2) is 40.2 Å². The Bertz CT molecular complexity index is 615. The Morgan fingerprint density at radius 1 is 1.36 bits per heavy atom. The van der Waals surface area contributed by atoms with E-state index in [0.29, 0.717) is 17.2 Å². The van der Waals surface area contributed by atoms with Crippen LogP contribution in [0.25, 0.3) is 0 Å². The Kier molecular flexibility index (Phi) is 5.89. The Balaban J connectivity index is 1.46. The number of amides is 1. The normalized spacial score (nSPS) is 21.9. The summed E-state index contributed by atoms with van der Waals surface area (Å²) in [6.45, 7) is 4.45. The molecule has 0 bridgehead atoms. The van der Waals surface area contributed by atoms with E-state index in [2.05, 4.69) is 46.0 Å². The highest BCUT2D eigenvalue weighted by atomic mass is 32.2. The van der Waals surface area contributed by atoms with Gasteiger partial charge in [-0.1, -0.05) is 25.1 Å². The molecule has 1 aliphatic heterocycles. The lowest BCUT2D eigenvalue weighted by molar-refractivity contribution is -0.129. The minimum absolute atomic E-state index is 0.239. The molecule has 2 N–H and O–H groups in total. The summed E-state index contributed by atoms with van der Waals surface area (Å²) in [6, 6.07) is 10.9. The fraction of sp³-hybridized carbons (Fsp3) is 0.579. The van der Waals surface area contributed by atoms with E-state index in [1.807, 2.05) is 30.6 Å². The van der Waals surface area contributed by atoms with Crippen LogP contribution in [0.5, 0.6) is 0 Å². The maximum absolute atomic E-state index is 11.8. The molecular formula is C19H28N4OS. The van der Waals surface area contributed by atoms with Crippen molar-refractivity contribution in [2.45, 2.75) is 48.3 Å². The summed E-state index contributed by atoms with van der Waals surface area (Å²) in [5.74, 6) is 1.08. The first-order chi connectivity index (χ1) is 12.1. The second kappa shape index (κ2) is 8.13. The van der Waals surface area contributed by atoms with Crippen LogP contribution in [0, 0.1) is 0 Å². The predicted molar refractivity (Wildman–Crippen MR) is 104 cm³/mol. The lowest BCUT2D eigenvalue weighted by Crippen LogP contribution is -2.46. The number of carbonyl (C=O) groups is 1. The molecule has 1 saturated heterocycles. The van der Waals surface area contributed by atoms with Gasteiger partial charge in [0.05, 0.1) is 0 Å². The Morgan fingerprint density at radius 3 is 2.76 bits per heavy atom. The fourth-order valence-corrected chi connectivity index (χ4v) is 4.40. The van der Waals surface area contributed by atoms with Crippen LogP contribution in [0.1, 0.15) is 32.6 Å². The third-order valence-corrected chi connectivity index (χ3v) is 6.36. The van der Waals surface area contributed by atoms with Gasteiger partial charge in [-0.25, -0.2) is 0 Å². The summed E-state index contributed by atoms with van der Waals surface area (Å²) in [7, 11) is 1.81. The van der Waals surface area contributed by atoms with Crippen LogP contribution >= 0.6 is 11.8 Å². The smallest absolute Gasteiger partial charge is 0.222 e. The molecule has 136 valence electrons. The molecule has 6 heteroatoms. The highest BCUT2D eigenvalue weighted by molar-refractivity contribution is 8.01. The number of hydrogen-bond acceptors (Lipinski definition) is 3. The summed E-state index contributed by atoms with van der Waals surface area (Å²) < 4.78 is 0.291. The molecule has 0 radical (unpaired) electrons. The first-order valence-electron chi connectivity index (χ1n) is 9.13. The lowest BCUT2D eigenvalue weighted by Gasteiger charge is -2.21. The summed E-state index contributed by atoms with van der Waals surface area (Å²) in [5, 5.41) is 6.97.